The highest BCUT2D eigenvalue weighted by atomic mass is 19.1. The Morgan fingerprint density at radius 1 is 1.33 bits per heavy atom. The first-order chi connectivity index (χ1) is 11.4. The summed E-state index contributed by atoms with van der Waals surface area (Å²) in [6.07, 6.45) is 1.55. The number of nitrogens with zero attached hydrogens (tertiary/aromatic N) is 1. The molecule has 130 valence electrons. The van der Waals surface area contributed by atoms with Crippen molar-refractivity contribution in [3.05, 3.63) is 54.0 Å². The molecular weight excluding hydrogens is 318 g/mol. The third-order valence-corrected chi connectivity index (χ3v) is 3.61. The fourth-order valence-corrected chi connectivity index (χ4v) is 2.06. The highest BCUT2D eigenvalue weighted by Gasteiger charge is 2.21. The Bertz CT molecular complexity index is 676. The summed E-state index contributed by atoms with van der Waals surface area (Å²) in [5.74, 6) is -0.841. The minimum atomic E-state index is -0.780. The number of halogens is 2. The minimum Gasteiger partial charge on any atom is -0.488 e. The molecular formula is C17H20F2N2O3. The fraction of sp³-hybridized carbons (Fsp3) is 0.353. The van der Waals surface area contributed by atoms with Crippen LogP contribution in [0, 0.1) is 11.6 Å². The van der Waals surface area contributed by atoms with E-state index in [0.717, 1.165) is 12.1 Å². The van der Waals surface area contributed by atoms with E-state index in [0.29, 0.717) is 5.76 Å². The standard InChI is InChI=1S/C17H20F2N2O3/c1-11(10-24-16-7-6-13(18)9-14(16)19)20-17(22)21(3)12(2)15-5-4-8-23-15/h4-9,11-12H,10H2,1-3H3,(H,20,22). The van der Waals surface area contributed by atoms with Gasteiger partial charge in [0.2, 0.25) is 0 Å². The summed E-state index contributed by atoms with van der Waals surface area (Å²) >= 11 is 0. The van der Waals surface area contributed by atoms with E-state index in [2.05, 4.69) is 5.32 Å². The van der Waals surface area contributed by atoms with Crippen LogP contribution < -0.4 is 10.1 Å². The molecule has 2 amide bonds. The quantitative estimate of drug-likeness (QED) is 0.873. The maximum Gasteiger partial charge on any atom is 0.318 e. The highest BCUT2D eigenvalue weighted by molar-refractivity contribution is 5.74. The zero-order valence-corrected chi connectivity index (χ0v) is 13.8. The molecule has 0 aliphatic rings. The van der Waals surface area contributed by atoms with Gasteiger partial charge in [0.25, 0.3) is 0 Å². The second kappa shape index (κ2) is 7.81. The molecule has 0 saturated carbocycles. The van der Waals surface area contributed by atoms with Gasteiger partial charge in [0.15, 0.2) is 11.6 Å². The number of ether oxygens (including phenoxy) is 1. The van der Waals surface area contributed by atoms with Crippen molar-refractivity contribution < 1.29 is 22.7 Å². The molecule has 1 aromatic heterocycles. The molecule has 1 heterocycles. The fourth-order valence-electron chi connectivity index (χ4n) is 2.06. The molecule has 1 N–H and O–H groups in total. The summed E-state index contributed by atoms with van der Waals surface area (Å²) in [5, 5.41) is 2.75. The normalized spacial score (nSPS) is 13.2. The van der Waals surface area contributed by atoms with Crippen molar-refractivity contribution in [2.24, 2.45) is 0 Å². The van der Waals surface area contributed by atoms with Crippen LogP contribution >= 0.6 is 0 Å². The number of amides is 2. The van der Waals surface area contributed by atoms with Gasteiger partial charge in [-0.25, -0.2) is 13.6 Å². The van der Waals surface area contributed by atoms with Gasteiger partial charge in [-0.15, -0.1) is 0 Å². The Morgan fingerprint density at radius 3 is 2.71 bits per heavy atom. The summed E-state index contributed by atoms with van der Waals surface area (Å²) in [5.41, 5.74) is 0. The predicted octanol–water partition coefficient (Wildman–Crippen LogP) is 3.73. The van der Waals surface area contributed by atoms with Crippen molar-refractivity contribution in [3.63, 3.8) is 0 Å². The van der Waals surface area contributed by atoms with E-state index < -0.39 is 11.6 Å². The van der Waals surface area contributed by atoms with Gasteiger partial charge in [-0.2, -0.15) is 0 Å². The van der Waals surface area contributed by atoms with Crippen LogP contribution in [-0.2, 0) is 0 Å². The van der Waals surface area contributed by atoms with Crippen molar-refractivity contribution in [2.75, 3.05) is 13.7 Å². The maximum atomic E-state index is 13.5. The van der Waals surface area contributed by atoms with Gasteiger partial charge in [0, 0.05) is 13.1 Å². The minimum absolute atomic E-state index is 0.0528. The number of carbonyl (C=O) groups is 1. The molecule has 0 aliphatic heterocycles. The van der Waals surface area contributed by atoms with Gasteiger partial charge in [-0.1, -0.05) is 0 Å². The number of nitrogens with one attached hydrogen (secondary N) is 1. The average molecular weight is 338 g/mol. The largest absolute Gasteiger partial charge is 0.488 e. The van der Waals surface area contributed by atoms with Gasteiger partial charge in [0.05, 0.1) is 18.3 Å². The molecule has 0 spiro atoms. The van der Waals surface area contributed by atoms with E-state index in [1.165, 1.54) is 11.0 Å². The molecule has 24 heavy (non-hydrogen) atoms. The molecule has 2 rings (SSSR count). The molecule has 0 saturated heterocycles. The van der Waals surface area contributed by atoms with E-state index in [4.69, 9.17) is 9.15 Å². The molecule has 2 atom stereocenters. The Labute approximate surface area is 139 Å². The van der Waals surface area contributed by atoms with E-state index in [1.54, 1.807) is 32.4 Å². The van der Waals surface area contributed by atoms with Crippen LogP contribution in [0.15, 0.2) is 41.0 Å². The molecule has 5 nitrogen and oxygen atoms in total. The smallest absolute Gasteiger partial charge is 0.318 e. The Hall–Kier alpha value is -2.57. The predicted molar refractivity (Wildman–Crippen MR) is 84.7 cm³/mol. The lowest BCUT2D eigenvalue weighted by atomic mass is 10.2. The third-order valence-electron chi connectivity index (χ3n) is 3.61. The van der Waals surface area contributed by atoms with E-state index in [-0.39, 0.29) is 30.5 Å². The van der Waals surface area contributed by atoms with Crippen molar-refractivity contribution in [1.29, 1.82) is 0 Å². The Kier molecular flexibility index (Phi) is 5.78. The summed E-state index contributed by atoms with van der Waals surface area (Å²) in [7, 11) is 1.65. The first-order valence-corrected chi connectivity index (χ1v) is 7.53. The number of urea groups is 1. The summed E-state index contributed by atoms with van der Waals surface area (Å²) in [4.78, 5) is 13.7. The van der Waals surface area contributed by atoms with Crippen molar-refractivity contribution >= 4 is 6.03 Å². The molecule has 0 radical (unpaired) electrons. The van der Waals surface area contributed by atoms with Gasteiger partial charge >= 0.3 is 6.03 Å². The summed E-state index contributed by atoms with van der Waals surface area (Å²) < 4.78 is 36.9. The number of hydrogen-bond acceptors (Lipinski definition) is 3. The number of hydrogen-bond donors (Lipinski definition) is 1. The highest BCUT2D eigenvalue weighted by Crippen LogP contribution is 2.19. The van der Waals surface area contributed by atoms with E-state index >= 15 is 0 Å². The second-order valence-corrected chi connectivity index (χ2v) is 5.54. The van der Waals surface area contributed by atoms with Gasteiger partial charge in [-0.05, 0) is 38.1 Å². The zero-order valence-electron chi connectivity index (χ0n) is 13.8. The number of carbonyl (C=O) groups excluding carboxylic acids is 1. The van der Waals surface area contributed by atoms with Gasteiger partial charge in [-0.3, -0.25) is 0 Å². The lowest BCUT2D eigenvalue weighted by molar-refractivity contribution is 0.177. The second-order valence-electron chi connectivity index (χ2n) is 5.54. The number of benzene rings is 1. The lowest BCUT2D eigenvalue weighted by Crippen LogP contribution is -2.44. The third kappa shape index (κ3) is 4.47. The molecule has 0 aliphatic carbocycles. The summed E-state index contributed by atoms with van der Waals surface area (Å²) in [6.45, 7) is 3.62. The number of furan rings is 1. The van der Waals surface area contributed by atoms with Gasteiger partial charge < -0.3 is 19.4 Å². The molecule has 7 heteroatoms. The lowest BCUT2D eigenvalue weighted by Gasteiger charge is -2.25. The average Bonchev–Trinajstić information content (AvgIpc) is 3.07. The van der Waals surface area contributed by atoms with Crippen LogP contribution in [0.4, 0.5) is 13.6 Å². The molecule has 2 unspecified atom stereocenters. The maximum absolute atomic E-state index is 13.5. The molecule has 1 aromatic carbocycles. The van der Waals surface area contributed by atoms with Crippen LogP contribution in [-0.4, -0.2) is 30.6 Å². The van der Waals surface area contributed by atoms with Crippen LogP contribution in [0.1, 0.15) is 25.6 Å². The first kappa shape index (κ1) is 17.8. The van der Waals surface area contributed by atoms with Crippen molar-refractivity contribution in [3.8, 4) is 5.75 Å². The first-order valence-electron chi connectivity index (χ1n) is 7.53. The van der Waals surface area contributed by atoms with Crippen molar-refractivity contribution in [2.45, 2.75) is 25.9 Å². The van der Waals surface area contributed by atoms with E-state index in [1.807, 2.05) is 6.92 Å². The number of rotatable bonds is 6. The molecule has 0 bridgehead atoms. The molecule has 0 fully saturated rings. The van der Waals surface area contributed by atoms with Crippen LogP contribution in [0.5, 0.6) is 5.75 Å². The monoisotopic (exact) mass is 338 g/mol. The Morgan fingerprint density at radius 2 is 2.08 bits per heavy atom. The van der Waals surface area contributed by atoms with Gasteiger partial charge in [0.1, 0.15) is 18.2 Å². The van der Waals surface area contributed by atoms with Crippen molar-refractivity contribution in [1.82, 2.24) is 10.2 Å². The summed E-state index contributed by atoms with van der Waals surface area (Å²) in [6, 6.07) is 5.71. The zero-order chi connectivity index (χ0) is 17.7. The topological polar surface area (TPSA) is 54.7 Å². The van der Waals surface area contributed by atoms with E-state index in [9.17, 15) is 13.6 Å². The SMILES string of the molecule is CC(COc1ccc(F)cc1F)NC(=O)N(C)C(C)c1ccco1. The molecule has 2 aromatic rings. The van der Waals surface area contributed by atoms with Crippen LogP contribution in [0.25, 0.3) is 0 Å². The van der Waals surface area contributed by atoms with Crippen LogP contribution in [0.3, 0.4) is 0 Å². The Balaban J connectivity index is 1.85. The van der Waals surface area contributed by atoms with Crippen LogP contribution in [0.2, 0.25) is 0 Å².